The molecule has 1 aromatic carbocycles. The third-order valence-electron chi connectivity index (χ3n) is 2.28. The lowest BCUT2D eigenvalue weighted by Gasteiger charge is -2.22. The Hall–Kier alpha value is -0.130. The molecule has 14 heavy (non-hydrogen) atoms. The molecule has 0 saturated carbocycles. The fourth-order valence-electron chi connectivity index (χ4n) is 1.33. The first-order valence-electron chi connectivity index (χ1n) is 4.71. The van der Waals surface area contributed by atoms with Crippen LogP contribution in [0.15, 0.2) is 24.3 Å². The molecular formula is C11H16INO. The normalized spacial score (nSPS) is 15.6. The molecule has 3 N–H and O–H groups in total. The number of benzene rings is 1. The molecule has 3 heteroatoms. The molecule has 0 aliphatic rings. The molecule has 0 heterocycles. The molecule has 0 aliphatic carbocycles. The molecule has 0 saturated heterocycles. The summed E-state index contributed by atoms with van der Waals surface area (Å²) in [6.07, 6.45) is -0.479. The molecule has 0 bridgehead atoms. The maximum absolute atomic E-state index is 9.81. The second kappa shape index (κ2) is 5.09. The minimum absolute atomic E-state index is 0.183. The Bertz CT molecular complexity index is 301. The molecule has 1 aromatic rings. The standard InChI is InChI=1S/C11H16INO/c1-7(2)11(14)10(13)8-4-3-5-9(12)6-8/h3-7,10-11,14H,13H2,1-2H3/t10-,11+/m1/s1. The Morgan fingerprint density at radius 3 is 2.50 bits per heavy atom. The van der Waals surface area contributed by atoms with Crippen molar-refractivity contribution in [2.45, 2.75) is 26.0 Å². The number of hydrogen-bond donors (Lipinski definition) is 2. The predicted molar refractivity (Wildman–Crippen MR) is 66.9 cm³/mol. The molecule has 0 spiro atoms. The summed E-state index contributed by atoms with van der Waals surface area (Å²) in [6.45, 7) is 3.94. The summed E-state index contributed by atoms with van der Waals surface area (Å²) in [5.41, 5.74) is 6.95. The van der Waals surface area contributed by atoms with E-state index in [4.69, 9.17) is 5.73 Å². The zero-order chi connectivity index (χ0) is 10.7. The van der Waals surface area contributed by atoms with Crippen molar-refractivity contribution in [1.82, 2.24) is 0 Å². The van der Waals surface area contributed by atoms with Gasteiger partial charge in [0.1, 0.15) is 0 Å². The molecule has 0 aromatic heterocycles. The van der Waals surface area contributed by atoms with E-state index in [1.54, 1.807) is 0 Å². The molecule has 0 unspecified atom stereocenters. The van der Waals surface area contributed by atoms with Gasteiger partial charge >= 0.3 is 0 Å². The number of hydrogen-bond acceptors (Lipinski definition) is 2. The van der Waals surface area contributed by atoms with Gasteiger partial charge in [0.15, 0.2) is 0 Å². The van der Waals surface area contributed by atoms with E-state index in [1.807, 2.05) is 38.1 Å². The average Bonchev–Trinajstić information content (AvgIpc) is 2.15. The zero-order valence-electron chi connectivity index (χ0n) is 8.44. The lowest BCUT2D eigenvalue weighted by Crippen LogP contribution is -2.30. The van der Waals surface area contributed by atoms with E-state index in [9.17, 15) is 5.11 Å². The van der Waals surface area contributed by atoms with Crippen LogP contribution in [-0.2, 0) is 0 Å². The zero-order valence-corrected chi connectivity index (χ0v) is 10.6. The van der Waals surface area contributed by atoms with Crippen molar-refractivity contribution < 1.29 is 5.11 Å². The van der Waals surface area contributed by atoms with E-state index in [0.29, 0.717) is 0 Å². The van der Waals surface area contributed by atoms with Crippen LogP contribution in [0.5, 0.6) is 0 Å². The van der Waals surface area contributed by atoms with E-state index >= 15 is 0 Å². The highest BCUT2D eigenvalue weighted by Crippen LogP contribution is 2.20. The summed E-state index contributed by atoms with van der Waals surface area (Å²) >= 11 is 2.24. The van der Waals surface area contributed by atoms with Gasteiger partial charge < -0.3 is 10.8 Å². The maximum Gasteiger partial charge on any atom is 0.0755 e. The number of rotatable bonds is 3. The van der Waals surface area contributed by atoms with Crippen molar-refractivity contribution in [3.8, 4) is 0 Å². The van der Waals surface area contributed by atoms with Crippen LogP contribution >= 0.6 is 22.6 Å². The summed E-state index contributed by atoms with van der Waals surface area (Å²) < 4.78 is 1.14. The van der Waals surface area contributed by atoms with Crippen molar-refractivity contribution in [3.63, 3.8) is 0 Å². The maximum atomic E-state index is 9.81. The SMILES string of the molecule is CC(C)[C@H](O)[C@H](N)c1cccc(I)c1. The first-order chi connectivity index (χ1) is 6.52. The van der Waals surface area contributed by atoms with E-state index in [-0.39, 0.29) is 12.0 Å². The van der Waals surface area contributed by atoms with Gasteiger partial charge in [-0.25, -0.2) is 0 Å². The summed E-state index contributed by atoms with van der Waals surface area (Å²) in [6, 6.07) is 7.65. The Morgan fingerprint density at radius 1 is 1.36 bits per heavy atom. The lowest BCUT2D eigenvalue weighted by molar-refractivity contribution is 0.0979. The minimum Gasteiger partial charge on any atom is -0.391 e. The Kier molecular flexibility index (Phi) is 4.34. The van der Waals surface area contributed by atoms with Crippen LogP contribution < -0.4 is 5.73 Å². The summed E-state index contributed by atoms with van der Waals surface area (Å²) in [5.74, 6) is 0.183. The topological polar surface area (TPSA) is 46.2 Å². The highest BCUT2D eigenvalue weighted by Gasteiger charge is 2.19. The van der Waals surface area contributed by atoms with Crippen molar-refractivity contribution in [2.75, 3.05) is 0 Å². The fourth-order valence-corrected chi connectivity index (χ4v) is 1.89. The van der Waals surface area contributed by atoms with Gasteiger partial charge in [0.25, 0.3) is 0 Å². The summed E-state index contributed by atoms with van der Waals surface area (Å²) in [5, 5.41) is 9.81. The number of nitrogens with two attached hydrogens (primary N) is 1. The van der Waals surface area contributed by atoms with Gasteiger partial charge in [-0.3, -0.25) is 0 Å². The third-order valence-corrected chi connectivity index (χ3v) is 2.96. The van der Waals surface area contributed by atoms with Crippen LogP contribution in [0.25, 0.3) is 0 Å². The Morgan fingerprint density at radius 2 is 2.00 bits per heavy atom. The lowest BCUT2D eigenvalue weighted by atomic mass is 9.95. The largest absolute Gasteiger partial charge is 0.391 e. The number of aliphatic hydroxyl groups is 1. The van der Waals surface area contributed by atoms with Crippen LogP contribution in [0.2, 0.25) is 0 Å². The van der Waals surface area contributed by atoms with Gasteiger partial charge in [-0.1, -0.05) is 26.0 Å². The van der Waals surface area contributed by atoms with Crippen molar-refractivity contribution >= 4 is 22.6 Å². The molecule has 0 aliphatic heterocycles. The molecule has 78 valence electrons. The molecule has 2 nitrogen and oxygen atoms in total. The average molecular weight is 305 g/mol. The van der Waals surface area contributed by atoms with Gasteiger partial charge in [0, 0.05) is 3.57 Å². The van der Waals surface area contributed by atoms with E-state index in [1.165, 1.54) is 0 Å². The first kappa shape index (κ1) is 11.9. The fraction of sp³-hybridized carbons (Fsp3) is 0.455. The molecule has 2 atom stereocenters. The molecule has 0 radical (unpaired) electrons. The quantitative estimate of drug-likeness (QED) is 0.842. The molecule has 0 fully saturated rings. The van der Waals surface area contributed by atoms with Gasteiger partial charge in [-0.05, 0) is 46.2 Å². The van der Waals surface area contributed by atoms with Crippen LogP contribution in [0.4, 0.5) is 0 Å². The molecule has 0 amide bonds. The predicted octanol–water partition coefficient (Wildman–Crippen LogP) is 2.31. The van der Waals surface area contributed by atoms with Crippen LogP contribution in [0.3, 0.4) is 0 Å². The van der Waals surface area contributed by atoms with Crippen molar-refractivity contribution in [3.05, 3.63) is 33.4 Å². The second-order valence-corrected chi connectivity index (χ2v) is 5.06. The second-order valence-electron chi connectivity index (χ2n) is 3.82. The van der Waals surface area contributed by atoms with Crippen molar-refractivity contribution in [1.29, 1.82) is 0 Å². The molecular weight excluding hydrogens is 289 g/mol. The highest BCUT2D eigenvalue weighted by molar-refractivity contribution is 14.1. The summed E-state index contributed by atoms with van der Waals surface area (Å²) in [4.78, 5) is 0. The van der Waals surface area contributed by atoms with E-state index in [0.717, 1.165) is 9.13 Å². The van der Waals surface area contributed by atoms with Gasteiger partial charge in [-0.2, -0.15) is 0 Å². The monoisotopic (exact) mass is 305 g/mol. The summed E-state index contributed by atoms with van der Waals surface area (Å²) in [7, 11) is 0. The molecule has 1 rings (SSSR count). The van der Waals surface area contributed by atoms with Crippen LogP contribution in [0.1, 0.15) is 25.5 Å². The van der Waals surface area contributed by atoms with E-state index < -0.39 is 6.10 Å². The minimum atomic E-state index is -0.479. The van der Waals surface area contributed by atoms with Crippen LogP contribution in [0, 0.1) is 9.49 Å². The van der Waals surface area contributed by atoms with Gasteiger partial charge in [0.2, 0.25) is 0 Å². The van der Waals surface area contributed by atoms with Gasteiger partial charge in [0.05, 0.1) is 12.1 Å². The third kappa shape index (κ3) is 2.93. The van der Waals surface area contributed by atoms with Crippen molar-refractivity contribution in [2.24, 2.45) is 11.7 Å². The van der Waals surface area contributed by atoms with E-state index in [2.05, 4.69) is 22.6 Å². The van der Waals surface area contributed by atoms with Crippen LogP contribution in [-0.4, -0.2) is 11.2 Å². The number of halogens is 1. The Balaban J connectivity index is 2.83. The highest BCUT2D eigenvalue weighted by atomic mass is 127. The smallest absolute Gasteiger partial charge is 0.0755 e. The first-order valence-corrected chi connectivity index (χ1v) is 5.79. The number of aliphatic hydroxyl groups excluding tert-OH is 1. The van der Waals surface area contributed by atoms with Gasteiger partial charge in [-0.15, -0.1) is 0 Å². The Labute approximate surface area is 98.7 Å².